The van der Waals surface area contributed by atoms with E-state index in [2.05, 4.69) is 5.32 Å². The Balaban J connectivity index is 4.02. The molecule has 0 radical (unpaired) electrons. The lowest BCUT2D eigenvalue weighted by atomic mass is 9.80. The van der Waals surface area contributed by atoms with Crippen molar-refractivity contribution in [1.29, 1.82) is 0 Å². The summed E-state index contributed by atoms with van der Waals surface area (Å²) in [6.07, 6.45) is 2.75. The van der Waals surface area contributed by atoms with Crippen molar-refractivity contribution in [2.24, 2.45) is 11.3 Å². The summed E-state index contributed by atoms with van der Waals surface area (Å²) < 4.78 is 4.92. The van der Waals surface area contributed by atoms with E-state index in [9.17, 15) is 9.59 Å². The Morgan fingerprint density at radius 1 is 1.22 bits per heavy atom. The molecule has 0 saturated carbocycles. The van der Waals surface area contributed by atoms with Crippen LogP contribution in [0.4, 0.5) is 0 Å². The Hall–Kier alpha value is -1.10. The highest BCUT2D eigenvalue weighted by molar-refractivity contribution is 5.97. The molecule has 106 valence electrons. The van der Waals surface area contributed by atoms with Crippen molar-refractivity contribution < 1.29 is 19.4 Å². The maximum absolute atomic E-state index is 11.8. The van der Waals surface area contributed by atoms with Gasteiger partial charge in [-0.2, -0.15) is 0 Å². The quantitative estimate of drug-likeness (QED) is 0.513. The molecule has 5 heteroatoms. The molecule has 0 aliphatic heterocycles. The van der Waals surface area contributed by atoms with Crippen molar-refractivity contribution in [3.8, 4) is 0 Å². The summed E-state index contributed by atoms with van der Waals surface area (Å²) in [5.41, 5.74) is -0.577. The van der Waals surface area contributed by atoms with Gasteiger partial charge < -0.3 is 15.2 Å². The van der Waals surface area contributed by atoms with E-state index >= 15 is 0 Å². The summed E-state index contributed by atoms with van der Waals surface area (Å²) in [5.74, 6) is -2.47. The molecule has 0 spiro atoms. The minimum atomic E-state index is -1.07. The molecule has 0 aromatic carbocycles. The van der Waals surface area contributed by atoms with E-state index in [1.807, 2.05) is 0 Å². The molecule has 18 heavy (non-hydrogen) atoms. The number of carboxylic acid groups (broad SMARTS) is 1. The third kappa shape index (κ3) is 6.59. The van der Waals surface area contributed by atoms with E-state index in [0.29, 0.717) is 13.2 Å². The van der Waals surface area contributed by atoms with Gasteiger partial charge in [-0.3, -0.25) is 9.59 Å². The monoisotopic (exact) mass is 259 g/mol. The van der Waals surface area contributed by atoms with Crippen molar-refractivity contribution in [3.05, 3.63) is 0 Å². The van der Waals surface area contributed by atoms with Gasteiger partial charge in [-0.05, 0) is 24.7 Å². The van der Waals surface area contributed by atoms with Crippen LogP contribution in [0.25, 0.3) is 0 Å². The number of methoxy groups -OCH3 is 1. The second kappa shape index (κ2) is 8.08. The van der Waals surface area contributed by atoms with Crippen molar-refractivity contribution >= 4 is 11.9 Å². The van der Waals surface area contributed by atoms with Gasteiger partial charge in [0, 0.05) is 20.3 Å². The first-order valence-electron chi connectivity index (χ1n) is 6.30. The zero-order chi connectivity index (χ0) is 14.2. The molecule has 0 aliphatic rings. The lowest BCUT2D eigenvalue weighted by molar-refractivity contribution is -0.151. The first kappa shape index (κ1) is 16.9. The topological polar surface area (TPSA) is 75.6 Å². The Labute approximate surface area is 109 Å². The molecule has 1 unspecified atom stereocenters. The van der Waals surface area contributed by atoms with E-state index in [1.165, 1.54) is 0 Å². The maximum atomic E-state index is 11.8. The van der Waals surface area contributed by atoms with Gasteiger partial charge in [-0.25, -0.2) is 0 Å². The summed E-state index contributed by atoms with van der Waals surface area (Å²) in [5, 5.41) is 11.8. The fraction of sp³-hybridized carbons (Fsp3) is 0.846. The largest absolute Gasteiger partial charge is 0.481 e. The number of aliphatic carboxylic acids is 1. The molecule has 0 heterocycles. The fourth-order valence-electron chi connectivity index (χ4n) is 1.74. The SMILES string of the molecule is COCCCCCNC(=O)C(C(=O)O)C(C)(C)C. The summed E-state index contributed by atoms with van der Waals surface area (Å²) in [7, 11) is 1.66. The Bertz CT molecular complexity index is 271. The number of hydrogen-bond acceptors (Lipinski definition) is 3. The van der Waals surface area contributed by atoms with Gasteiger partial charge in [0.2, 0.25) is 5.91 Å². The molecule has 0 bridgehead atoms. The van der Waals surface area contributed by atoms with Gasteiger partial charge in [0.05, 0.1) is 0 Å². The minimum Gasteiger partial charge on any atom is -0.481 e. The van der Waals surface area contributed by atoms with Crippen molar-refractivity contribution in [1.82, 2.24) is 5.32 Å². The van der Waals surface area contributed by atoms with Crippen LogP contribution in [0.1, 0.15) is 40.0 Å². The van der Waals surface area contributed by atoms with E-state index in [-0.39, 0.29) is 0 Å². The highest BCUT2D eigenvalue weighted by Crippen LogP contribution is 2.26. The molecular formula is C13H25NO4. The van der Waals surface area contributed by atoms with Crippen LogP contribution in [0.3, 0.4) is 0 Å². The predicted octanol–water partition coefficient (Wildman–Crippen LogP) is 1.67. The van der Waals surface area contributed by atoms with Crippen LogP contribution in [0.5, 0.6) is 0 Å². The number of carbonyl (C=O) groups is 2. The second-order valence-electron chi connectivity index (χ2n) is 5.48. The fourth-order valence-corrected chi connectivity index (χ4v) is 1.74. The van der Waals surface area contributed by atoms with Gasteiger partial charge >= 0.3 is 5.97 Å². The normalized spacial score (nSPS) is 13.1. The summed E-state index contributed by atoms with van der Waals surface area (Å²) in [6, 6.07) is 0. The number of hydrogen-bond donors (Lipinski definition) is 2. The second-order valence-corrected chi connectivity index (χ2v) is 5.48. The third-order valence-corrected chi connectivity index (χ3v) is 2.70. The van der Waals surface area contributed by atoms with Crippen molar-refractivity contribution in [3.63, 3.8) is 0 Å². The maximum Gasteiger partial charge on any atom is 0.316 e. The number of unbranched alkanes of at least 4 members (excludes halogenated alkanes) is 2. The predicted molar refractivity (Wildman–Crippen MR) is 69.3 cm³/mol. The lowest BCUT2D eigenvalue weighted by Gasteiger charge is -2.25. The zero-order valence-corrected chi connectivity index (χ0v) is 11.8. The Morgan fingerprint density at radius 3 is 2.28 bits per heavy atom. The molecule has 5 nitrogen and oxygen atoms in total. The van der Waals surface area contributed by atoms with Gasteiger partial charge in [0.1, 0.15) is 5.92 Å². The highest BCUT2D eigenvalue weighted by Gasteiger charge is 2.37. The number of carbonyl (C=O) groups excluding carboxylic acids is 1. The van der Waals surface area contributed by atoms with E-state index in [4.69, 9.17) is 9.84 Å². The number of ether oxygens (including phenoxy) is 1. The number of carboxylic acids is 1. The van der Waals surface area contributed by atoms with Crippen LogP contribution in [0.15, 0.2) is 0 Å². The molecule has 0 aromatic heterocycles. The van der Waals surface area contributed by atoms with Gasteiger partial charge in [0.25, 0.3) is 0 Å². The van der Waals surface area contributed by atoms with Crippen molar-refractivity contribution in [2.45, 2.75) is 40.0 Å². The van der Waals surface area contributed by atoms with Gasteiger partial charge in [0.15, 0.2) is 0 Å². The molecule has 2 N–H and O–H groups in total. The average Bonchev–Trinajstić information content (AvgIpc) is 2.20. The number of amides is 1. The smallest absolute Gasteiger partial charge is 0.316 e. The van der Waals surface area contributed by atoms with Crippen LogP contribution >= 0.6 is 0 Å². The molecule has 0 aromatic rings. The molecule has 1 atom stereocenters. The molecular weight excluding hydrogens is 234 g/mol. The average molecular weight is 259 g/mol. The van der Waals surface area contributed by atoms with E-state index in [1.54, 1.807) is 27.9 Å². The van der Waals surface area contributed by atoms with Crippen molar-refractivity contribution in [2.75, 3.05) is 20.3 Å². The van der Waals surface area contributed by atoms with Gasteiger partial charge in [-0.15, -0.1) is 0 Å². The molecule has 1 amide bonds. The third-order valence-electron chi connectivity index (χ3n) is 2.70. The Morgan fingerprint density at radius 2 is 1.83 bits per heavy atom. The van der Waals surface area contributed by atoms with Crippen LogP contribution in [0.2, 0.25) is 0 Å². The van der Waals surface area contributed by atoms with Crippen LogP contribution in [-0.4, -0.2) is 37.2 Å². The van der Waals surface area contributed by atoms with Gasteiger partial charge in [-0.1, -0.05) is 20.8 Å². The molecule has 0 rings (SSSR count). The van der Waals surface area contributed by atoms with Crippen LogP contribution in [-0.2, 0) is 14.3 Å². The Kier molecular flexibility index (Phi) is 7.59. The highest BCUT2D eigenvalue weighted by atomic mass is 16.5. The molecule has 0 aliphatic carbocycles. The first-order valence-corrected chi connectivity index (χ1v) is 6.30. The number of nitrogens with one attached hydrogen (secondary N) is 1. The zero-order valence-electron chi connectivity index (χ0n) is 11.8. The molecule has 0 saturated heterocycles. The van der Waals surface area contributed by atoms with E-state index < -0.39 is 23.2 Å². The number of rotatable bonds is 8. The summed E-state index contributed by atoms with van der Waals surface area (Å²) in [6.45, 7) is 6.49. The standard InChI is InChI=1S/C13H25NO4/c1-13(2,3)10(12(16)17)11(15)14-8-6-5-7-9-18-4/h10H,5-9H2,1-4H3,(H,14,15)(H,16,17). The summed E-state index contributed by atoms with van der Waals surface area (Å²) in [4.78, 5) is 22.9. The van der Waals surface area contributed by atoms with Crippen LogP contribution in [0, 0.1) is 11.3 Å². The summed E-state index contributed by atoms with van der Waals surface area (Å²) >= 11 is 0. The van der Waals surface area contributed by atoms with E-state index in [0.717, 1.165) is 19.3 Å². The molecule has 0 fully saturated rings. The minimum absolute atomic E-state index is 0.401. The van der Waals surface area contributed by atoms with Crippen LogP contribution < -0.4 is 5.32 Å². The first-order chi connectivity index (χ1) is 8.30. The lowest BCUT2D eigenvalue weighted by Crippen LogP contribution is -2.43.